The molecule has 31 heavy (non-hydrogen) atoms. The fraction of sp³-hybridized carbons (Fsp3) is 0.429. The van der Waals surface area contributed by atoms with Crippen LogP contribution in [0.5, 0.6) is 0 Å². The largest absolute Gasteiger partial charge is 0.372 e. The second-order valence-electron chi connectivity index (χ2n) is 7.51. The van der Waals surface area contributed by atoms with Gasteiger partial charge in [-0.1, -0.05) is 12.1 Å². The molecule has 0 spiro atoms. The van der Waals surface area contributed by atoms with E-state index in [9.17, 15) is 0 Å². The highest BCUT2D eigenvalue weighted by molar-refractivity contribution is 14.0. The van der Waals surface area contributed by atoms with Gasteiger partial charge >= 0.3 is 0 Å². The molecule has 166 valence electrons. The van der Waals surface area contributed by atoms with Gasteiger partial charge in [-0.15, -0.1) is 34.2 Å². The van der Waals surface area contributed by atoms with Gasteiger partial charge in [-0.25, -0.2) is 4.98 Å². The van der Waals surface area contributed by atoms with Crippen LogP contribution in [-0.4, -0.2) is 57.9 Å². The highest BCUT2D eigenvalue weighted by atomic mass is 127. The summed E-state index contributed by atoms with van der Waals surface area (Å²) in [6.45, 7) is 7.08. The van der Waals surface area contributed by atoms with Crippen molar-refractivity contribution in [1.82, 2.24) is 30.2 Å². The lowest BCUT2D eigenvalue weighted by atomic mass is 10.2. The maximum absolute atomic E-state index is 5.80. The van der Waals surface area contributed by atoms with Gasteiger partial charge in [-0.05, 0) is 37.6 Å². The van der Waals surface area contributed by atoms with E-state index in [0.717, 1.165) is 35.9 Å². The highest BCUT2D eigenvalue weighted by Gasteiger charge is 2.22. The number of guanidine groups is 1. The second-order valence-corrected chi connectivity index (χ2v) is 7.51. The number of aromatic nitrogens is 4. The maximum atomic E-state index is 5.80. The molecule has 9 nitrogen and oxygen atoms in total. The first-order valence-electron chi connectivity index (χ1n) is 10.2. The van der Waals surface area contributed by atoms with Crippen molar-refractivity contribution in [2.24, 2.45) is 4.99 Å². The van der Waals surface area contributed by atoms with Crippen LogP contribution in [0.3, 0.4) is 0 Å². The average molecular weight is 536 g/mol. The van der Waals surface area contributed by atoms with E-state index >= 15 is 0 Å². The van der Waals surface area contributed by atoms with Gasteiger partial charge < -0.3 is 20.3 Å². The van der Waals surface area contributed by atoms with Gasteiger partial charge in [0, 0.05) is 39.1 Å². The molecule has 4 heterocycles. The van der Waals surface area contributed by atoms with Crippen LogP contribution in [0.25, 0.3) is 5.65 Å². The molecule has 1 aliphatic rings. The molecule has 1 aliphatic heterocycles. The standard InChI is InChI=1S/C21H28N8O.HI/c1-15-13-28(14-16(2)30-15)18-8-7-17(10-23-18)11-24-21(22-3)25-12-20-27-26-19-6-4-5-9-29(19)20;/h4-10,15-16H,11-14H2,1-3H3,(H2,22,24,25);1H. The van der Waals surface area contributed by atoms with Crippen molar-refractivity contribution in [3.63, 3.8) is 0 Å². The van der Waals surface area contributed by atoms with E-state index in [1.54, 1.807) is 7.05 Å². The van der Waals surface area contributed by atoms with Gasteiger partial charge in [-0.3, -0.25) is 9.39 Å². The number of nitrogens with one attached hydrogen (secondary N) is 2. The Hall–Kier alpha value is -2.47. The summed E-state index contributed by atoms with van der Waals surface area (Å²) in [5.41, 5.74) is 1.91. The fourth-order valence-corrected chi connectivity index (χ4v) is 3.65. The Labute approximate surface area is 199 Å². The van der Waals surface area contributed by atoms with Crippen molar-refractivity contribution in [1.29, 1.82) is 0 Å². The number of anilines is 1. The van der Waals surface area contributed by atoms with Gasteiger partial charge in [0.25, 0.3) is 0 Å². The van der Waals surface area contributed by atoms with Crippen LogP contribution >= 0.6 is 24.0 Å². The number of nitrogens with zero attached hydrogens (tertiary/aromatic N) is 6. The van der Waals surface area contributed by atoms with Gasteiger partial charge in [0.05, 0.1) is 18.8 Å². The molecule has 1 saturated heterocycles. The monoisotopic (exact) mass is 536 g/mol. The summed E-state index contributed by atoms with van der Waals surface area (Å²) in [6, 6.07) is 10.0. The van der Waals surface area contributed by atoms with Crippen molar-refractivity contribution < 1.29 is 4.74 Å². The van der Waals surface area contributed by atoms with Crippen molar-refractivity contribution in [3.8, 4) is 0 Å². The first-order chi connectivity index (χ1) is 14.6. The minimum absolute atomic E-state index is 0. The van der Waals surface area contributed by atoms with Gasteiger partial charge in [0.2, 0.25) is 0 Å². The van der Waals surface area contributed by atoms with Gasteiger partial charge in [0.15, 0.2) is 17.4 Å². The molecular weight excluding hydrogens is 507 g/mol. The Morgan fingerprint density at radius 2 is 1.87 bits per heavy atom. The molecule has 0 amide bonds. The summed E-state index contributed by atoms with van der Waals surface area (Å²) in [7, 11) is 1.75. The van der Waals surface area contributed by atoms with Crippen LogP contribution in [0.1, 0.15) is 25.2 Å². The van der Waals surface area contributed by atoms with E-state index in [2.05, 4.69) is 61.7 Å². The lowest BCUT2D eigenvalue weighted by molar-refractivity contribution is -0.00545. The highest BCUT2D eigenvalue weighted by Crippen LogP contribution is 2.18. The Balaban J connectivity index is 0.00000272. The van der Waals surface area contributed by atoms with Crippen LogP contribution < -0.4 is 15.5 Å². The van der Waals surface area contributed by atoms with Crippen molar-refractivity contribution in [2.45, 2.75) is 39.1 Å². The van der Waals surface area contributed by atoms with Crippen LogP contribution in [0.2, 0.25) is 0 Å². The van der Waals surface area contributed by atoms with E-state index in [0.29, 0.717) is 19.0 Å². The van der Waals surface area contributed by atoms with Crippen LogP contribution in [0, 0.1) is 0 Å². The fourth-order valence-electron chi connectivity index (χ4n) is 3.65. The van der Waals surface area contributed by atoms with Gasteiger partial charge in [0.1, 0.15) is 5.82 Å². The number of hydrogen-bond acceptors (Lipinski definition) is 6. The Morgan fingerprint density at radius 3 is 2.58 bits per heavy atom. The molecule has 2 atom stereocenters. The van der Waals surface area contributed by atoms with E-state index in [-0.39, 0.29) is 36.2 Å². The molecular formula is C21H29IN8O. The number of halogens is 1. The third-order valence-corrected chi connectivity index (χ3v) is 5.03. The Bertz CT molecular complexity index is 996. The van der Waals surface area contributed by atoms with Crippen LogP contribution in [0.4, 0.5) is 5.82 Å². The normalized spacial score (nSPS) is 19.2. The van der Waals surface area contributed by atoms with Crippen LogP contribution in [0.15, 0.2) is 47.7 Å². The van der Waals surface area contributed by atoms with E-state index < -0.39 is 0 Å². The molecule has 0 bridgehead atoms. The zero-order chi connectivity index (χ0) is 20.9. The molecule has 0 radical (unpaired) electrons. The summed E-state index contributed by atoms with van der Waals surface area (Å²) in [4.78, 5) is 11.2. The third kappa shape index (κ3) is 5.82. The predicted molar refractivity (Wildman–Crippen MR) is 132 cm³/mol. The molecule has 10 heteroatoms. The summed E-state index contributed by atoms with van der Waals surface area (Å²) >= 11 is 0. The van der Waals surface area contributed by atoms with E-state index in [4.69, 9.17) is 4.74 Å². The number of aliphatic imine (C=N–C) groups is 1. The zero-order valence-corrected chi connectivity index (χ0v) is 20.4. The molecule has 3 aromatic rings. The minimum Gasteiger partial charge on any atom is -0.372 e. The van der Waals surface area contributed by atoms with Gasteiger partial charge in [-0.2, -0.15) is 0 Å². The smallest absolute Gasteiger partial charge is 0.191 e. The van der Waals surface area contributed by atoms with E-state index in [1.165, 1.54) is 0 Å². The van der Waals surface area contributed by atoms with Crippen molar-refractivity contribution in [3.05, 3.63) is 54.1 Å². The molecule has 2 N–H and O–H groups in total. The lowest BCUT2D eigenvalue weighted by Crippen LogP contribution is -2.45. The van der Waals surface area contributed by atoms with Crippen molar-refractivity contribution in [2.75, 3.05) is 25.0 Å². The van der Waals surface area contributed by atoms with Crippen molar-refractivity contribution >= 4 is 41.4 Å². The molecule has 0 saturated carbocycles. The first-order valence-corrected chi connectivity index (χ1v) is 10.2. The topological polar surface area (TPSA) is 92.0 Å². The predicted octanol–water partition coefficient (Wildman–Crippen LogP) is 2.22. The SMILES string of the molecule is CN=C(NCc1ccc(N2CC(C)OC(C)C2)nc1)NCc1nnc2ccccn12.I. The number of fused-ring (bicyclic) bond motifs is 1. The number of morpholine rings is 1. The summed E-state index contributed by atoms with van der Waals surface area (Å²) in [5.74, 6) is 2.51. The number of ether oxygens (including phenoxy) is 1. The summed E-state index contributed by atoms with van der Waals surface area (Å²) in [6.07, 6.45) is 4.29. The quantitative estimate of drug-likeness (QED) is 0.294. The third-order valence-electron chi connectivity index (χ3n) is 5.03. The number of rotatable bonds is 5. The number of pyridine rings is 2. The molecule has 3 aromatic heterocycles. The lowest BCUT2D eigenvalue weighted by Gasteiger charge is -2.36. The minimum atomic E-state index is 0. The zero-order valence-electron chi connectivity index (χ0n) is 18.0. The summed E-state index contributed by atoms with van der Waals surface area (Å²) in [5, 5.41) is 15.0. The Morgan fingerprint density at radius 1 is 1.10 bits per heavy atom. The molecule has 0 aromatic carbocycles. The second kappa shape index (κ2) is 10.7. The molecule has 0 aliphatic carbocycles. The summed E-state index contributed by atoms with van der Waals surface area (Å²) < 4.78 is 7.76. The maximum Gasteiger partial charge on any atom is 0.191 e. The average Bonchev–Trinajstić information content (AvgIpc) is 3.17. The number of hydrogen-bond donors (Lipinski definition) is 2. The first kappa shape index (κ1) is 23.2. The Kier molecular flexibility index (Phi) is 8.02. The molecule has 4 rings (SSSR count). The van der Waals surface area contributed by atoms with Crippen LogP contribution in [-0.2, 0) is 17.8 Å². The molecule has 2 unspecified atom stereocenters. The van der Waals surface area contributed by atoms with E-state index in [1.807, 2.05) is 35.0 Å². The molecule has 1 fully saturated rings.